The number of aliphatic hydroxyl groups is 1. The lowest BCUT2D eigenvalue weighted by Crippen LogP contribution is -2.13. The van der Waals surface area contributed by atoms with E-state index in [2.05, 4.69) is 15.9 Å². The summed E-state index contributed by atoms with van der Waals surface area (Å²) in [6, 6.07) is 12.4. The van der Waals surface area contributed by atoms with Crippen molar-refractivity contribution in [2.24, 2.45) is 5.92 Å². The lowest BCUT2D eigenvalue weighted by atomic mass is 9.93. The summed E-state index contributed by atoms with van der Waals surface area (Å²) < 4.78 is 19.3. The van der Waals surface area contributed by atoms with Gasteiger partial charge in [0.2, 0.25) is 0 Å². The fourth-order valence-corrected chi connectivity index (χ4v) is 2.72. The van der Waals surface area contributed by atoms with Crippen LogP contribution in [0.5, 0.6) is 5.75 Å². The standard InChI is InChI=1S/C17H18BrFO2/c1-21-16-5-2-12(3-6-16)8-13(11-20)9-14-10-15(19)4-7-17(14)18/h2-7,10,13,20H,8-9,11H2,1H3. The maximum Gasteiger partial charge on any atom is 0.123 e. The van der Waals surface area contributed by atoms with Gasteiger partial charge in [-0.1, -0.05) is 28.1 Å². The summed E-state index contributed by atoms with van der Waals surface area (Å²) >= 11 is 3.43. The van der Waals surface area contributed by atoms with Crippen LogP contribution in [0.4, 0.5) is 4.39 Å². The molecule has 0 saturated carbocycles. The van der Waals surface area contributed by atoms with Crippen LogP contribution in [0.3, 0.4) is 0 Å². The third-order valence-corrected chi connectivity index (χ3v) is 4.23. The van der Waals surface area contributed by atoms with Crippen LogP contribution in [0.15, 0.2) is 46.9 Å². The van der Waals surface area contributed by atoms with E-state index in [1.807, 2.05) is 24.3 Å². The molecule has 4 heteroatoms. The molecule has 0 saturated heterocycles. The molecule has 0 amide bonds. The SMILES string of the molecule is COc1ccc(CC(CO)Cc2cc(F)ccc2Br)cc1. The molecular weight excluding hydrogens is 335 g/mol. The monoisotopic (exact) mass is 352 g/mol. The Balaban J connectivity index is 2.07. The second-order valence-electron chi connectivity index (χ2n) is 5.04. The third-order valence-electron chi connectivity index (χ3n) is 3.46. The van der Waals surface area contributed by atoms with E-state index >= 15 is 0 Å². The highest BCUT2D eigenvalue weighted by Crippen LogP contribution is 2.23. The molecule has 112 valence electrons. The summed E-state index contributed by atoms with van der Waals surface area (Å²) in [6.07, 6.45) is 1.37. The van der Waals surface area contributed by atoms with Crippen molar-refractivity contribution in [2.75, 3.05) is 13.7 Å². The van der Waals surface area contributed by atoms with Gasteiger partial charge in [-0.05, 0) is 60.2 Å². The van der Waals surface area contributed by atoms with Gasteiger partial charge in [0, 0.05) is 11.1 Å². The fraction of sp³-hybridized carbons (Fsp3) is 0.294. The van der Waals surface area contributed by atoms with E-state index in [9.17, 15) is 9.50 Å². The minimum atomic E-state index is -0.255. The molecule has 2 nitrogen and oxygen atoms in total. The molecule has 0 radical (unpaired) electrons. The van der Waals surface area contributed by atoms with Crippen molar-refractivity contribution < 1.29 is 14.2 Å². The third kappa shape index (κ3) is 4.55. The highest BCUT2D eigenvalue weighted by Gasteiger charge is 2.12. The first kappa shape index (κ1) is 16.0. The number of hydrogen-bond acceptors (Lipinski definition) is 2. The Morgan fingerprint density at radius 2 is 1.86 bits per heavy atom. The van der Waals surface area contributed by atoms with Gasteiger partial charge in [0.1, 0.15) is 11.6 Å². The predicted octanol–water partition coefficient (Wildman–Crippen LogP) is 3.99. The van der Waals surface area contributed by atoms with Crippen LogP contribution in [-0.2, 0) is 12.8 Å². The molecule has 0 aromatic heterocycles. The van der Waals surface area contributed by atoms with E-state index in [1.165, 1.54) is 12.1 Å². The molecule has 2 aromatic rings. The summed E-state index contributed by atoms with van der Waals surface area (Å²) in [5.41, 5.74) is 2.00. The molecule has 0 fully saturated rings. The minimum Gasteiger partial charge on any atom is -0.497 e. The fourth-order valence-electron chi connectivity index (χ4n) is 2.31. The Kier molecular flexibility index (Phi) is 5.76. The topological polar surface area (TPSA) is 29.5 Å². The number of benzene rings is 2. The molecular formula is C17H18BrFO2. The Morgan fingerprint density at radius 3 is 2.48 bits per heavy atom. The molecule has 0 spiro atoms. The van der Waals surface area contributed by atoms with E-state index in [-0.39, 0.29) is 18.3 Å². The lowest BCUT2D eigenvalue weighted by Gasteiger charge is -2.15. The van der Waals surface area contributed by atoms with E-state index in [0.717, 1.165) is 27.8 Å². The average molecular weight is 353 g/mol. The largest absolute Gasteiger partial charge is 0.497 e. The molecule has 0 aliphatic rings. The van der Waals surface area contributed by atoms with E-state index in [0.29, 0.717) is 6.42 Å². The molecule has 21 heavy (non-hydrogen) atoms. The van der Waals surface area contributed by atoms with Gasteiger partial charge in [-0.2, -0.15) is 0 Å². The minimum absolute atomic E-state index is 0.0523. The van der Waals surface area contributed by atoms with Crippen molar-refractivity contribution in [3.05, 3.63) is 63.9 Å². The maximum atomic E-state index is 13.3. The second-order valence-corrected chi connectivity index (χ2v) is 5.89. The van der Waals surface area contributed by atoms with Crippen LogP contribution in [-0.4, -0.2) is 18.8 Å². The quantitative estimate of drug-likeness (QED) is 0.851. The zero-order valence-electron chi connectivity index (χ0n) is 11.9. The number of halogens is 2. The van der Waals surface area contributed by atoms with Gasteiger partial charge < -0.3 is 9.84 Å². The second kappa shape index (κ2) is 7.57. The molecule has 2 aromatic carbocycles. The Morgan fingerprint density at radius 1 is 1.14 bits per heavy atom. The molecule has 1 N–H and O–H groups in total. The van der Waals surface area contributed by atoms with Crippen molar-refractivity contribution in [3.63, 3.8) is 0 Å². The maximum absolute atomic E-state index is 13.3. The molecule has 0 bridgehead atoms. The van der Waals surface area contributed by atoms with Crippen LogP contribution in [0, 0.1) is 11.7 Å². The summed E-state index contributed by atoms with van der Waals surface area (Å²) in [5, 5.41) is 9.58. The molecule has 2 rings (SSSR count). The first-order valence-electron chi connectivity index (χ1n) is 6.80. The Labute approximate surface area is 132 Å². The Hall–Kier alpha value is -1.39. The molecule has 0 heterocycles. The van der Waals surface area contributed by atoms with E-state index in [4.69, 9.17) is 4.74 Å². The van der Waals surface area contributed by atoms with Crippen molar-refractivity contribution in [1.29, 1.82) is 0 Å². The van der Waals surface area contributed by atoms with E-state index in [1.54, 1.807) is 13.2 Å². The number of rotatable bonds is 6. The summed E-state index contributed by atoms with van der Waals surface area (Å²) in [7, 11) is 1.63. The highest BCUT2D eigenvalue weighted by atomic mass is 79.9. The molecule has 1 atom stereocenters. The first-order chi connectivity index (χ1) is 10.1. The van der Waals surface area contributed by atoms with Crippen molar-refractivity contribution in [2.45, 2.75) is 12.8 Å². The normalized spacial score (nSPS) is 12.2. The van der Waals surface area contributed by atoms with Crippen molar-refractivity contribution >= 4 is 15.9 Å². The van der Waals surface area contributed by atoms with Crippen LogP contribution in [0.25, 0.3) is 0 Å². The number of hydrogen-bond donors (Lipinski definition) is 1. The highest BCUT2D eigenvalue weighted by molar-refractivity contribution is 9.10. The first-order valence-corrected chi connectivity index (χ1v) is 7.59. The van der Waals surface area contributed by atoms with E-state index < -0.39 is 0 Å². The Bertz CT molecular complexity index is 584. The van der Waals surface area contributed by atoms with Crippen LogP contribution in [0.1, 0.15) is 11.1 Å². The average Bonchev–Trinajstić information content (AvgIpc) is 2.51. The van der Waals surface area contributed by atoms with Crippen molar-refractivity contribution in [3.8, 4) is 5.75 Å². The number of methoxy groups -OCH3 is 1. The van der Waals surface area contributed by atoms with Crippen molar-refractivity contribution in [1.82, 2.24) is 0 Å². The van der Waals surface area contributed by atoms with Gasteiger partial charge in [0.25, 0.3) is 0 Å². The summed E-state index contributed by atoms with van der Waals surface area (Å²) in [5.74, 6) is 0.609. The summed E-state index contributed by atoms with van der Waals surface area (Å²) in [6.45, 7) is 0.0645. The number of aliphatic hydroxyl groups excluding tert-OH is 1. The van der Waals surface area contributed by atoms with Gasteiger partial charge >= 0.3 is 0 Å². The van der Waals surface area contributed by atoms with Gasteiger partial charge in [0.05, 0.1) is 7.11 Å². The zero-order chi connectivity index (χ0) is 15.2. The predicted molar refractivity (Wildman–Crippen MR) is 85.1 cm³/mol. The van der Waals surface area contributed by atoms with Gasteiger partial charge in [-0.25, -0.2) is 4.39 Å². The smallest absolute Gasteiger partial charge is 0.123 e. The molecule has 0 aliphatic heterocycles. The lowest BCUT2D eigenvalue weighted by molar-refractivity contribution is 0.224. The van der Waals surface area contributed by atoms with Gasteiger partial charge in [-0.15, -0.1) is 0 Å². The van der Waals surface area contributed by atoms with Crippen LogP contribution >= 0.6 is 15.9 Å². The van der Waals surface area contributed by atoms with Gasteiger partial charge in [-0.3, -0.25) is 0 Å². The summed E-state index contributed by atoms with van der Waals surface area (Å²) in [4.78, 5) is 0. The zero-order valence-corrected chi connectivity index (χ0v) is 13.4. The van der Waals surface area contributed by atoms with Crippen LogP contribution in [0.2, 0.25) is 0 Å². The molecule has 1 unspecified atom stereocenters. The number of ether oxygens (including phenoxy) is 1. The molecule has 0 aliphatic carbocycles. The van der Waals surface area contributed by atoms with Gasteiger partial charge in [0.15, 0.2) is 0 Å². The van der Waals surface area contributed by atoms with Crippen LogP contribution < -0.4 is 4.74 Å².